The monoisotopic (exact) mass is 1660 g/mol. The quantitative estimate of drug-likeness (QED) is 0.0192. The fourth-order valence-corrected chi connectivity index (χ4v) is 17.8. The zero-order valence-corrected chi connectivity index (χ0v) is 72.7. The lowest BCUT2D eigenvalue weighted by Gasteiger charge is -2.36. The van der Waals surface area contributed by atoms with Crippen LogP contribution in [0.2, 0.25) is 0 Å². The van der Waals surface area contributed by atoms with Gasteiger partial charge in [0.15, 0.2) is 0 Å². The number of pyridine rings is 1. The first-order chi connectivity index (χ1) is 52.7. The molecule has 3 aliphatic rings. The zero-order valence-electron chi connectivity index (χ0n) is 70.3. The second-order valence-electron chi connectivity index (χ2n) is 34.3. The topological polar surface area (TPSA) is 404 Å². The van der Waals surface area contributed by atoms with E-state index in [9.17, 15) is 68.2 Å². The number of nitrogens with one attached hydrogen (secondary N) is 5. The number of aryl methyl sites for hydroxylation is 4. The Morgan fingerprint density at radius 3 is 1.57 bits per heavy atom. The van der Waals surface area contributed by atoms with Crippen LogP contribution in [-0.2, 0) is 107 Å². The second kappa shape index (κ2) is 40.5. The van der Waals surface area contributed by atoms with Gasteiger partial charge in [-0.25, -0.2) is 26.1 Å². The van der Waals surface area contributed by atoms with Gasteiger partial charge in [-0.2, -0.15) is 13.1 Å². The SMILES string of the molecule is Cc1cc(OCCCC(=O)NCCNC(=O)[C@H](CS(=O)(=O)O)NC(=O)CN2CCN(CC(=O)OC(C)(C)C)CCN(CC(=O)OC(C)(C)C)CCN(CC(=O)OC(C)(C)C)CC2)cc(C)c1S(=O)(=O)N[C@@H](CNC(=O)CCCCc1ccc2c(n1)N(S(=O)(=O)c1c(C)c(C)c3c(c1C)CCC(C)(C)O3)CCC2)C(=O)OC(C)(C)C. The lowest BCUT2D eigenvalue weighted by atomic mass is 9.88. The van der Waals surface area contributed by atoms with Crippen LogP contribution < -0.4 is 39.8 Å². The van der Waals surface area contributed by atoms with Gasteiger partial charge >= 0.3 is 23.9 Å². The van der Waals surface area contributed by atoms with E-state index in [0.717, 1.165) is 28.9 Å². The Bertz CT molecular complexity index is 4210. The second-order valence-corrected chi connectivity index (χ2v) is 39.2. The number of ether oxygens (including phenoxy) is 6. The van der Waals surface area contributed by atoms with E-state index in [1.807, 2.05) is 61.5 Å². The van der Waals surface area contributed by atoms with Crippen LogP contribution in [0.15, 0.2) is 34.1 Å². The Morgan fingerprint density at radius 2 is 1.06 bits per heavy atom. The number of hydrogen-bond acceptors (Lipinski definition) is 25. The van der Waals surface area contributed by atoms with Gasteiger partial charge in [0.05, 0.1) is 42.6 Å². The third kappa shape index (κ3) is 31.4. The van der Waals surface area contributed by atoms with E-state index in [1.54, 1.807) is 102 Å². The number of fused-ring (bicyclic) bond motifs is 2. The summed E-state index contributed by atoms with van der Waals surface area (Å²) in [6.07, 6.45) is 4.23. The minimum atomic E-state index is -4.86. The summed E-state index contributed by atoms with van der Waals surface area (Å²) >= 11 is 0. The molecule has 0 unspecified atom stereocenters. The number of hydrogen-bond donors (Lipinski definition) is 6. The molecular weight excluding hydrogens is 1540 g/mol. The average Bonchev–Trinajstić information content (AvgIpc) is 0.731. The molecule has 2 aromatic carbocycles. The van der Waals surface area contributed by atoms with Crippen molar-refractivity contribution >= 4 is 83.5 Å². The molecule has 3 aromatic rings. The number of amides is 4. The molecule has 0 radical (unpaired) electrons. The largest absolute Gasteiger partial charge is 0.494 e. The molecule has 35 heteroatoms. The molecule has 640 valence electrons. The number of benzene rings is 2. The minimum Gasteiger partial charge on any atom is -0.494 e. The Labute approximate surface area is 674 Å². The van der Waals surface area contributed by atoms with Gasteiger partial charge in [0, 0.05) is 97.1 Å². The van der Waals surface area contributed by atoms with Crippen LogP contribution >= 0.6 is 0 Å². The number of unbranched alkanes of at least 4 members (excludes halogenated alkanes) is 1. The third-order valence-electron chi connectivity index (χ3n) is 18.8. The number of rotatable bonds is 33. The molecular formula is C79H125N11O21S3. The maximum Gasteiger partial charge on any atom is 0.326 e. The number of anilines is 1. The number of carbonyl (C=O) groups excluding carboxylic acids is 8. The summed E-state index contributed by atoms with van der Waals surface area (Å²) in [7, 11) is -13.4. The Morgan fingerprint density at radius 1 is 0.570 bits per heavy atom. The summed E-state index contributed by atoms with van der Waals surface area (Å²) in [5, 5.41) is 10.2. The number of sulfonamides is 2. The number of nitrogens with zero attached hydrogens (tertiary/aromatic N) is 6. The summed E-state index contributed by atoms with van der Waals surface area (Å²) in [4.78, 5) is 119. The van der Waals surface area contributed by atoms with Crippen LogP contribution in [-0.4, -0.2) is 259 Å². The van der Waals surface area contributed by atoms with Crippen molar-refractivity contribution in [1.82, 2.24) is 50.6 Å². The molecule has 4 amide bonds. The molecule has 1 aromatic heterocycles. The van der Waals surface area contributed by atoms with E-state index >= 15 is 0 Å². The summed E-state index contributed by atoms with van der Waals surface area (Å²) in [6, 6.07) is 3.43. The van der Waals surface area contributed by atoms with Crippen molar-refractivity contribution in [2.24, 2.45) is 0 Å². The van der Waals surface area contributed by atoms with Crippen molar-refractivity contribution in [2.75, 3.05) is 121 Å². The molecule has 6 rings (SSSR count). The van der Waals surface area contributed by atoms with Gasteiger partial charge in [0.2, 0.25) is 33.7 Å². The number of aromatic nitrogens is 1. The first-order valence-electron chi connectivity index (χ1n) is 39.1. The van der Waals surface area contributed by atoms with Crippen molar-refractivity contribution in [3.05, 3.63) is 68.9 Å². The van der Waals surface area contributed by atoms with Crippen LogP contribution in [0.5, 0.6) is 11.5 Å². The Kier molecular flexibility index (Phi) is 33.8. The Hall–Kier alpha value is -7.64. The smallest absolute Gasteiger partial charge is 0.326 e. The van der Waals surface area contributed by atoms with E-state index < -0.39 is 131 Å². The van der Waals surface area contributed by atoms with Crippen molar-refractivity contribution < 1.29 is 96.6 Å². The minimum absolute atomic E-state index is 0.00873. The van der Waals surface area contributed by atoms with Gasteiger partial charge in [-0.1, -0.05) is 6.07 Å². The van der Waals surface area contributed by atoms with Crippen LogP contribution in [0.3, 0.4) is 0 Å². The number of carbonyl (C=O) groups is 8. The van der Waals surface area contributed by atoms with E-state index in [-0.39, 0.29) is 137 Å². The fourth-order valence-electron chi connectivity index (χ4n) is 13.5. The highest BCUT2D eigenvalue weighted by molar-refractivity contribution is 7.93. The van der Waals surface area contributed by atoms with Gasteiger partial charge in [0.1, 0.15) is 63.2 Å². The summed E-state index contributed by atoms with van der Waals surface area (Å²) in [5.41, 5.74) is 1.31. The fraction of sp³-hybridized carbons (Fsp3) is 0.684. The zero-order chi connectivity index (χ0) is 85.3. The van der Waals surface area contributed by atoms with Gasteiger partial charge in [-0.3, -0.25) is 62.5 Å². The third-order valence-corrected chi connectivity index (χ3v) is 23.4. The molecule has 0 bridgehead atoms. The van der Waals surface area contributed by atoms with Crippen molar-refractivity contribution in [1.29, 1.82) is 0 Å². The number of esters is 4. The van der Waals surface area contributed by atoms with Gasteiger partial charge in [0.25, 0.3) is 20.1 Å². The highest BCUT2D eigenvalue weighted by atomic mass is 32.2. The van der Waals surface area contributed by atoms with E-state index in [1.165, 1.54) is 16.4 Å². The standard InChI is InChI=1S/C79H125N11O21S3/c1-52-44-59(45-53(2)70(52)113(102,103)85-61(74(98)111-78(15,16)17)46-82-64(92)26-21-20-25-58-29-28-57-24-22-34-90(72(57)83-58)114(104,105)71-55(4)54(3)69-60(56(71)5)30-31-79(18,19)110-69)106-43-23-27-63(91)80-32-33-81-73(97)62(51-112(99,100)101)84-65(93)47-86-35-37-87(48-66(94)107-75(6,7)8)39-41-89(50-68(96)109-77(12,13)14)42-40-88(38-36-86)49-67(95)108-76(9,10)11/h28-29,44-45,61-62,85H,20-27,30-43,46-51H2,1-19H3,(H,80,91)(H,81,97)(H,82,92)(H,84,93)(H,99,100,101)/t61-,62-/m0/s1. The van der Waals surface area contributed by atoms with Crippen molar-refractivity contribution in [3.63, 3.8) is 0 Å². The molecule has 0 aliphatic carbocycles. The predicted molar refractivity (Wildman–Crippen MR) is 430 cm³/mol. The molecule has 1 saturated heterocycles. The van der Waals surface area contributed by atoms with Gasteiger partial charge in [-0.15, -0.1) is 0 Å². The van der Waals surface area contributed by atoms with Crippen molar-refractivity contribution in [2.45, 2.75) is 246 Å². The maximum atomic E-state index is 14.8. The van der Waals surface area contributed by atoms with E-state index in [2.05, 4.69) is 26.0 Å². The Balaban J connectivity index is 0.990. The molecule has 6 N–H and O–H groups in total. The van der Waals surface area contributed by atoms with Crippen LogP contribution in [0.1, 0.15) is 187 Å². The highest BCUT2D eigenvalue weighted by Crippen LogP contribution is 2.44. The van der Waals surface area contributed by atoms with Gasteiger partial charge < -0.3 is 49.7 Å². The normalized spacial score (nSPS) is 16.6. The van der Waals surface area contributed by atoms with Crippen LogP contribution in [0.25, 0.3) is 0 Å². The average molecular weight is 1660 g/mol. The first-order valence-corrected chi connectivity index (χ1v) is 43.6. The van der Waals surface area contributed by atoms with Crippen molar-refractivity contribution in [3.8, 4) is 11.5 Å². The van der Waals surface area contributed by atoms with E-state index in [4.69, 9.17) is 33.4 Å². The predicted octanol–water partition coefficient (Wildman–Crippen LogP) is 5.40. The lowest BCUT2D eigenvalue weighted by Crippen LogP contribution is -2.54. The summed E-state index contributed by atoms with van der Waals surface area (Å²) < 4.78 is 131. The highest BCUT2D eigenvalue weighted by Gasteiger charge is 2.39. The van der Waals surface area contributed by atoms with Gasteiger partial charge in [-0.05, 0) is 240 Å². The van der Waals surface area contributed by atoms with Crippen LogP contribution in [0, 0.1) is 34.6 Å². The molecule has 32 nitrogen and oxygen atoms in total. The molecule has 1 fully saturated rings. The molecule has 0 saturated carbocycles. The van der Waals surface area contributed by atoms with Crippen LogP contribution in [0.4, 0.5) is 5.82 Å². The molecule has 4 heterocycles. The first kappa shape index (κ1) is 95.2. The molecule has 3 aliphatic heterocycles. The molecule has 114 heavy (non-hydrogen) atoms. The molecule has 0 spiro atoms. The summed E-state index contributed by atoms with van der Waals surface area (Å²) in [6.45, 7) is 33.8. The lowest BCUT2D eigenvalue weighted by molar-refractivity contribution is -0.158. The maximum absolute atomic E-state index is 14.8. The molecule has 2 atom stereocenters. The summed E-state index contributed by atoms with van der Waals surface area (Å²) in [5.74, 6) is -4.85. The van der Waals surface area contributed by atoms with E-state index in [0.29, 0.717) is 74.3 Å².